The minimum absolute atomic E-state index is 0.00622. The summed E-state index contributed by atoms with van der Waals surface area (Å²) < 4.78 is 27.7. The molecule has 7 nitrogen and oxygen atoms in total. The van der Waals surface area contributed by atoms with Gasteiger partial charge < -0.3 is 33.9 Å². The quantitative estimate of drug-likeness (QED) is 0.830. The van der Waals surface area contributed by atoms with E-state index in [1.807, 2.05) is 6.07 Å². The molecule has 3 heterocycles. The summed E-state index contributed by atoms with van der Waals surface area (Å²) in [6.45, 7) is 0.568. The van der Waals surface area contributed by atoms with Crippen LogP contribution in [-0.4, -0.2) is 30.7 Å². The van der Waals surface area contributed by atoms with E-state index in [0.717, 1.165) is 5.56 Å². The Bertz CT molecular complexity index is 861. The number of hydrogen-bond donors (Lipinski definition) is 2. The average Bonchev–Trinajstić information content (AvgIpc) is 3.15. The van der Waals surface area contributed by atoms with Crippen LogP contribution in [0.4, 0.5) is 0 Å². The van der Waals surface area contributed by atoms with E-state index in [-0.39, 0.29) is 30.0 Å². The minimum atomic E-state index is -0.430. The summed E-state index contributed by atoms with van der Waals surface area (Å²) in [4.78, 5) is 0. The fraction of sp³-hybridized carbons (Fsp3) is 0.294. The first-order valence-electron chi connectivity index (χ1n) is 7.53. The van der Waals surface area contributed by atoms with E-state index in [0.29, 0.717) is 35.2 Å². The molecule has 2 atom stereocenters. The summed E-state index contributed by atoms with van der Waals surface area (Å²) in [5.74, 6) is 1.95. The molecule has 0 bridgehead atoms. The van der Waals surface area contributed by atoms with Gasteiger partial charge in [0.25, 0.3) is 0 Å². The van der Waals surface area contributed by atoms with Crippen molar-refractivity contribution < 1.29 is 33.9 Å². The number of phenolic OH excluding ortho intramolecular Hbond substituents is 2. The molecule has 0 fully saturated rings. The van der Waals surface area contributed by atoms with Gasteiger partial charge in [-0.15, -0.1) is 0 Å². The Hall–Kier alpha value is -2.96. The Morgan fingerprint density at radius 3 is 2.58 bits per heavy atom. The summed E-state index contributed by atoms with van der Waals surface area (Å²) in [6, 6.07) is 5.12. The number of hydrogen-bond acceptors (Lipinski definition) is 7. The van der Waals surface area contributed by atoms with Gasteiger partial charge in [0.05, 0.1) is 25.2 Å². The Morgan fingerprint density at radius 2 is 1.79 bits per heavy atom. The van der Waals surface area contributed by atoms with Crippen LogP contribution in [0.25, 0.3) is 0 Å². The topological polar surface area (TPSA) is 86.6 Å². The van der Waals surface area contributed by atoms with Gasteiger partial charge in [-0.2, -0.15) is 0 Å². The third kappa shape index (κ3) is 1.61. The maximum absolute atomic E-state index is 10.5. The third-order valence-corrected chi connectivity index (χ3v) is 4.67. The van der Waals surface area contributed by atoms with Crippen LogP contribution >= 0.6 is 0 Å². The second-order valence-electron chi connectivity index (χ2n) is 5.89. The van der Waals surface area contributed by atoms with Gasteiger partial charge in [-0.3, -0.25) is 0 Å². The number of aromatic hydroxyl groups is 2. The molecule has 0 unspecified atom stereocenters. The minimum Gasteiger partial charge on any atom is -0.504 e. The molecule has 3 aliphatic rings. The van der Waals surface area contributed by atoms with E-state index in [4.69, 9.17) is 23.7 Å². The van der Waals surface area contributed by atoms with Crippen LogP contribution < -0.4 is 23.7 Å². The first-order chi connectivity index (χ1) is 11.7. The van der Waals surface area contributed by atoms with E-state index < -0.39 is 6.10 Å². The predicted octanol–water partition coefficient (Wildman–Crippen LogP) is 2.44. The molecule has 2 N–H and O–H groups in total. The van der Waals surface area contributed by atoms with Crippen molar-refractivity contribution in [1.29, 1.82) is 0 Å². The summed E-state index contributed by atoms with van der Waals surface area (Å²) in [6.07, 6.45) is -0.430. The van der Waals surface area contributed by atoms with E-state index in [1.165, 1.54) is 13.2 Å². The molecule has 5 rings (SSSR count). The standard InChI is InChI=1S/C17H14O7/c1-20-17-9(18)3-13-14(15(17)19)16-8(5-21-13)7-2-11-12(23-6-22-11)4-10(7)24-16/h2-4,8,16,18-19H,5-6H2,1H3/t8-,16+/m0/s1. The van der Waals surface area contributed by atoms with Gasteiger partial charge in [0.15, 0.2) is 23.0 Å². The fourth-order valence-electron chi connectivity index (χ4n) is 3.55. The molecule has 0 spiro atoms. The first kappa shape index (κ1) is 13.5. The molecular formula is C17H14O7. The van der Waals surface area contributed by atoms with E-state index in [1.54, 1.807) is 6.07 Å². The molecule has 24 heavy (non-hydrogen) atoms. The summed E-state index contributed by atoms with van der Waals surface area (Å²) in [5, 5.41) is 20.4. The van der Waals surface area contributed by atoms with Crippen molar-refractivity contribution in [2.24, 2.45) is 0 Å². The molecule has 124 valence electrons. The Morgan fingerprint density at radius 1 is 1.00 bits per heavy atom. The zero-order valence-corrected chi connectivity index (χ0v) is 12.7. The van der Waals surface area contributed by atoms with Crippen molar-refractivity contribution in [1.82, 2.24) is 0 Å². The molecule has 0 saturated carbocycles. The number of benzene rings is 2. The lowest BCUT2D eigenvalue weighted by molar-refractivity contribution is 0.133. The second-order valence-corrected chi connectivity index (χ2v) is 5.89. The molecule has 0 amide bonds. The molecule has 7 heteroatoms. The molecule has 0 aromatic heterocycles. The highest BCUT2D eigenvalue weighted by Crippen LogP contribution is 2.58. The van der Waals surface area contributed by atoms with E-state index >= 15 is 0 Å². The van der Waals surface area contributed by atoms with Gasteiger partial charge in [-0.25, -0.2) is 0 Å². The number of fused-ring (bicyclic) bond motifs is 6. The van der Waals surface area contributed by atoms with Gasteiger partial charge in [0, 0.05) is 17.7 Å². The molecule has 2 aromatic rings. The lowest BCUT2D eigenvalue weighted by Gasteiger charge is -2.29. The Kier molecular flexibility index (Phi) is 2.54. The van der Waals surface area contributed by atoms with E-state index in [2.05, 4.69) is 0 Å². The van der Waals surface area contributed by atoms with Crippen LogP contribution in [0.15, 0.2) is 18.2 Å². The Balaban J connectivity index is 1.64. The van der Waals surface area contributed by atoms with Gasteiger partial charge in [-0.1, -0.05) is 0 Å². The lowest BCUT2D eigenvalue weighted by atomic mass is 9.88. The smallest absolute Gasteiger partial charge is 0.231 e. The van der Waals surface area contributed by atoms with Crippen LogP contribution in [0, 0.1) is 0 Å². The summed E-state index contributed by atoms with van der Waals surface area (Å²) >= 11 is 0. The number of methoxy groups -OCH3 is 1. The number of rotatable bonds is 1. The van der Waals surface area contributed by atoms with Gasteiger partial charge in [0.2, 0.25) is 12.5 Å². The maximum Gasteiger partial charge on any atom is 0.231 e. The van der Waals surface area contributed by atoms with Gasteiger partial charge in [-0.05, 0) is 6.07 Å². The van der Waals surface area contributed by atoms with Crippen LogP contribution in [0.5, 0.6) is 40.2 Å². The molecule has 0 aliphatic carbocycles. The summed E-state index contributed by atoms with van der Waals surface area (Å²) in [7, 11) is 1.38. The highest BCUT2D eigenvalue weighted by molar-refractivity contribution is 5.64. The average molecular weight is 330 g/mol. The molecular weight excluding hydrogens is 316 g/mol. The highest BCUT2D eigenvalue weighted by atomic mass is 16.7. The van der Waals surface area contributed by atoms with Crippen molar-refractivity contribution in [2.75, 3.05) is 20.5 Å². The molecule has 0 radical (unpaired) electrons. The third-order valence-electron chi connectivity index (χ3n) is 4.67. The Labute approximate surface area is 136 Å². The van der Waals surface area contributed by atoms with Crippen molar-refractivity contribution in [2.45, 2.75) is 12.0 Å². The highest BCUT2D eigenvalue weighted by Gasteiger charge is 2.44. The largest absolute Gasteiger partial charge is 0.504 e. The van der Waals surface area contributed by atoms with Crippen LogP contribution in [0.1, 0.15) is 23.1 Å². The predicted molar refractivity (Wildman–Crippen MR) is 80.5 cm³/mol. The number of phenols is 2. The van der Waals surface area contributed by atoms with Crippen molar-refractivity contribution >= 4 is 0 Å². The fourth-order valence-corrected chi connectivity index (χ4v) is 3.55. The SMILES string of the molecule is COc1c(O)cc2c(c1O)[C@@H]1Oc3cc4c(cc3[C@@H]1CO2)OCO4. The normalized spacial score (nSPS) is 22.0. The second kappa shape index (κ2) is 4.53. The van der Waals surface area contributed by atoms with Crippen LogP contribution in [0.2, 0.25) is 0 Å². The van der Waals surface area contributed by atoms with Gasteiger partial charge in [0.1, 0.15) is 17.6 Å². The molecule has 0 saturated heterocycles. The van der Waals surface area contributed by atoms with E-state index in [9.17, 15) is 10.2 Å². The van der Waals surface area contributed by atoms with Crippen molar-refractivity contribution in [3.63, 3.8) is 0 Å². The summed E-state index contributed by atoms with van der Waals surface area (Å²) in [5.41, 5.74) is 1.42. The monoisotopic (exact) mass is 330 g/mol. The van der Waals surface area contributed by atoms with Crippen LogP contribution in [-0.2, 0) is 0 Å². The lowest BCUT2D eigenvalue weighted by Crippen LogP contribution is -2.23. The number of ether oxygens (including phenoxy) is 5. The zero-order chi connectivity index (χ0) is 16.4. The van der Waals surface area contributed by atoms with Crippen LogP contribution in [0.3, 0.4) is 0 Å². The van der Waals surface area contributed by atoms with Gasteiger partial charge >= 0.3 is 0 Å². The molecule has 2 aromatic carbocycles. The zero-order valence-electron chi connectivity index (χ0n) is 12.7. The molecule has 3 aliphatic heterocycles. The first-order valence-corrected chi connectivity index (χ1v) is 7.53. The van der Waals surface area contributed by atoms with Crippen molar-refractivity contribution in [3.05, 3.63) is 29.3 Å². The van der Waals surface area contributed by atoms with Crippen molar-refractivity contribution in [3.8, 4) is 40.2 Å². The maximum atomic E-state index is 10.5.